The number of nitro benzene ring substituents is 1. The second-order valence-electron chi connectivity index (χ2n) is 6.62. The van der Waals surface area contributed by atoms with Crippen molar-refractivity contribution in [3.05, 3.63) is 64.2 Å². The third-order valence-electron chi connectivity index (χ3n) is 4.75. The number of anilines is 2. The topological polar surface area (TPSA) is 102 Å². The van der Waals surface area contributed by atoms with Crippen LogP contribution in [0.15, 0.2) is 48.5 Å². The average Bonchev–Trinajstić information content (AvgIpc) is 3.03. The Morgan fingerprint density at radius 3 is 2.65 bits per heavy atom. The van der Waals surface area contributed by atoms with Crippen LogP contribution < -0.4 is 11.1 Å². The minimum Gasteiger partial charge on any atom is -0.350 e. The van der Waals surface area contributed by atoms with Crippen LogP contribution in [-0.2, 0) is 0 Å². The van der Waals surface area contributed by atoms with Crippen LogP contribution in [0.3, 0.4) is 0 Å². The van der Waals surface area contributed by atoms with Crippen LogP contribution in [0.1, 0.15) is 23.7 Å². The highest BCUT2D eigenvalue weighted by molar-refractivity contribution is 5.96. The molecule has 0 saturated carbocycles. The maximum Gasteiger partial charge on any atom is 0.293 e. The van der Waals surface area contributed by atoms with Gasteiger partial charge in [-0.3, -0.25) is 14.9 Å². The summed E-state index contributed by atoms with van der Waals surface area (Å²) in [5.74, 6) is 0.0887. The number of hydrogen-bond acceptors (Lipinski definition) is 5. The van der Waals surface area contributed by atoms with Gasteiger partial charge in [0.15, 0.2) is 0 Å². The molecule has 7 nitrogen and oxygen atoms in total. The van der Waals surface area contributed by atoms with Gasteiger partial charge in [-0.25, -0.2) is 0 Å². The third kappa shape index (κ3) is 3.67. The zero-order chi connectivity index (χ0) is 18.7. The van der Waals surface area contributed by atoms with Crippen molar-refractivity contribution in [2.45, 2.75) is 19.4 Å². The third-order valence-corrected chi connectivity index (χ3v) is 4.75. The van der Waals surface area contributed by atoms with Gasteiger partial charge in [0, 0.05) is 29.9 Å². The molecule has 3 N–H and O–H groups in total. The molecule has 136 valence electrons. The number of nitrogens with zero attached hydrogens (tertiary/aromatic N) is 2. The van der Waals surface area contributed by atoms with Crippen LogP contribution in [0.5, 0.6) is 0 Å². The lowest BCUT2D eigenvalue weighted by molar-refractivity contribution is -0.383. The Morgan fingerprint density at radius 2 is 2.04 bits per heavy atom. The summed E-state index contributed by atoms with van der Waals surface area (Å²) in [6.07, 6.45) is 0.859. The molecule has 0 radical (unpaired) electrons. The number of carbonyl (C=O) groups is 1. The Kier molecular flexibility index (Phi) is 5.18. The standard InChI is InChI=1S/C19H22N4O3/c1-13-9-14(11-20)12-22(13)19(24)15-7-8-17(18(10-15)23(25)26)21-16-5-3-2-4-6-16/h2-8,10,13-14,21H,9,11-12,20H2,1H3. The molecule has 2 unspecified atom stereocenters. The number of nitrogens with one attached hydrogen (secondary N) is 1. The van der Waals surface area contributed by atoms with Crippen molar-refractivity contribution in [2.24, 2.45) is 11.7 Å². The molecular formula is C19H22N4O3. The van der Waals surface area contributed by atoms with Crippen molar-refractivity contribution >= 4 is 23.0 Å². The van der Waals surface area contributed by atoms with E-state index >= 15 is 0 Å². The quantitative estimate of drug-likeness (QED) is 0.634. The number of likely N-dealkylation sites (tertiary alicyclic amines) is 1. The van der Waals surface area contributed by atoms with Crippen LogP contribution in [0.4, 0.5) is 17.1 Å². The van der Waals surface area contributed by atoms with Gasteiger partial charge in [-0.15, -0.1) is 0 Å². The van der Waals surface area contributed by atoms with Crippen LogP contribution >= 0.6 is 0 Å². The Bertz CT molecular complexity index is 810. The molecule has 1 saturated heterocycles. The summed E-state index contributed by atoms with van der Waals surface area (Å²) < 4.78 is 0. The molecule has 0 spiro atoms. The number of hydrogen-bond donors (Lipinski definition) is 2. The van der Waals surface area contributed by atoms with Crippen LogP contribution in [0, 0.1) is 16.0 Å². The van der Waals surface area contributed by atoms with Gasteiger partial charge in [0.25, 0.3) is 11.6 Å². The zero-order valence-electron chi connectivity index (χ0n) is 14.6. The van der Waals surface area contributed by atoms with Gasteiger partial charge in [0.1, 0.15) is 5.69 Å². The van der Waals surface area contributed by atoms with Gasteiger partial charge in [-0.2, -0.15) is 0 Å². The van der Waals surface area contributed by atoms with E-state index in [-0.39, 0.29) is 23.6 Å². The molecule has 0 aromatic heterocycles. The summed E-state index contributed by atoms with van der Waals surface area (Å²) in [4.78, 5) is 25.6. The number of amides is 1. The molecule has 3 rings (SSSR count). The molecule has 1 amide bonds. The molecule has 0 bridgehead atoms. The SMILES string of the molecule is CC1CC(CN)CN1C(=O)c1ccc(Nc2ccccc2)c([N+](=O)[O-])c1. The van der Waals surface area contributed by atoms with Gasteiger partial charge in [0.2, 0.25) is 0 Å². The van der Waals surface area contributed by atoms with E-state index < -0.39 is 4.92 Å². The lowest BCUT2D eigenvalue weighted by Crippen LogP contribution is -2.34. The smallest absolute Gasteiger partial charge is 0.293 e. The summed E-state index contributed by atoms with van der Waals surface area (Å²) >= 11 is 0. The van der Waals surface area contributed by atoms with Gasteiger partial charge in [0.05, 0.1) is 4.92 Å². The van der Waals surface area contributed by atoms with Crippen molar-refractivity contribution in [1.29, 1.82) is 0 Å². The predicted molar refractivity (Wildman–Crippen MR) is 100 cm³/mol. The Balaban J connectivity index is 1.86. The molecule has 2 aromatic rings. The highest BCUT2D eigenvalue weighted by Crippen LogP contribution is 2.30. The molecule has 1 heterocycles. The molecule has 26 heavy (non-hydrogen) atoms. The lowest BCUT2D eigenvalue weighted by Gasteiger charge is -2.21. The molecule has 0 aliphatic carbocycles. The zero-order valence-corrected chi connectivity index (χ0v) is 14.6. The Morgan fingerprint density at radius 1 is 1.31 bits per heavy atom. The number of carbonyl (C=O) groups excluding carboxylic acids is 1. The fourth-order valence-electron chi connectivity index (χ4n) is 3.36. The summed E-state index contributed by atoms with van der Waals surface area (Å²) in [5.41, 5.74) is 7.01. The summed E-state index contributed by atoms with van der Waals surface area (Å²) in [5, 5.41) is 14.5. The minimum atomic E-state index is -0.474. The number of nitro groups is 1. The highest BCUT2D eigenvalue weighted by atomic mass is 16.6. The maximum absolute atomic E-state index is 12.8. The van der Waals surface area contributed by atoms with Crippen LogP contribution in [0.25, 0.3) is 0 Å². The van der Waals surface area contributed by atoms with E-state index in [1.165, 1.54) is 6.07 Å². The van der Waals surface area contributed by atoms with Gasteiger partial charge in [-0.05, 0) is 50.1 Å². The fraction of sp³-hybridized carbons (Fsp3) is 0.316. The van der Waals surface area contributed by atoms with E-state index in [1.807, 2.05) is 37.3 Å². The highest BCUT2D eigenvalue weighted by Gasteiger charge is 2.32. The van der Waals surface area contributed by atoms with Crippen molar-refractivity contribution in [2.75, 3.05) is 18.4 Å². The summed E-state index contributed by atoms with van der Waals surface area (Å²) in [7, 11) is 0. The first kappa shape index (κ1) is 17.9. The average molecular weight is 354 g/mol. The lowest BCUT2D eigenvalue weighted by atomic mass is 10.1. The molecule has 2 atom stereocenters. The molecule has 1 fully saturated rings. The minimum absolute atomic E-state index is 0.0808. The molecule has 2 aromatic carbocycles. The largest absolute Gasteiger partial charge is 0.350 e. The van der Waals surface area contributed by atoms with E-state index in [2.05, 4.69) is 5.32 Å². The van der Waals surface area contributed by atoms with Crippen molar-refractivity contribution < 1.29 is 9.72 Å². The van der Waals surface area contributed by atoms with Crippen LogP contribution in [0.2, 0.25) is 0 Å². The number of para-hydroxylation sites is 1. The van der Waals surface area contributed by atoms with Crippen molar-refractivity contribution in [1.82, 2.24) is 4.90 Å². The summed E-state index contributed by atoms with van der Waals surface area (Å²) in [6, 6.07) is 13.8. The monoisotopic (exact) mass is 354 g/mol. The second-order valence-corrected chi connectivity index (χ2v) is 6.62. The van der Waals surface area contributed by atoms with Gasteiger partial charge >= 0.3 is 0 Å². The predicted octanol–water partition coefficient (Wildman–Crippen LogP) is 3.15. The molecule has 1 aliphatic heterocycles. The second kappa shape index (κ2) is 7.53. The van der Waals surface area contributed by atoms with E-state index in [4.69, 9.17) is 5.73 Å². The molecule has 1 aliphatic rings. The van der Waals surface area contributed by atoms with E-state index in [9.17, 15) is 14.9 Å². The number of nitrogens with two attached hydrogens (primary N) is 1. The molecular weight excluding hydrogens is 332 g/mol. The normalized spacial score (nSPS) is 19.4. The van der Waals surface area contributed by atoms with E-state index in [0.717, 1.165) is 12.1 Å². The first-order valence-electron chi connectivity index (χ1n) is 8.61. The van der Waals surface area contributed by atoms with Gasteiger partial charge < -0.3 is 16.0 Å². The van der Waals surface area contributed by atoms with Crippen LogP contribution in [-0.4, -0.2) is 34.9 Å². The van der Waals surface area contributed by atoms with E-state index in [0.29, 0.717) is 24.3 Å². The summed E-state index contributed by atoms with van der Waals surface area (Å²) in [6.45, 7) is 3.11. The fourth-order valence-corrected chi connectivity index (χ4v) is 3.36. The van der Waals surface area contributed by atoms with Gasteiger partial charge in [-0.1, -0.05) is 18.2 Å². The first-order chi connectivity index (χ1) is 12.5. The van der Waals surface area contributed by atoms with E-state index in [1.54, 1.807) is 17.0 Å². The Hall–Kier alpha value is -2.93. The maximum atomic E-state index is 12.8. The number of rotatable bonds is 5. The Labute approximate surface area is 152 Å². The molecule has 7 heteroatoms. The first-order valence-corrected chi connectivity index (χ1v) is 8.61. The van der Waals surface area contributed by atoms with Crippen molar-refractivity contribution in [3.63, 3.8) is 0 Å². The van der Waals surface area contributed by atoms with Crippen molar-refractivity contribution in [3.8, 4) is 0 Å². The number of benzene rings is 2.